The van der Waals surface area contributed by atoms with Crippen LogP contribution < -0.4 is 11.0 Å². The van der Waals surface area contributed by atoms with E-state index in [9.17, 15) is 9.59 Å². The summed E-state index contributed by atoms with van der Waals surface area (Å²) in [5.41, 5.74) is 8.14. The van der Waals surface area contributed by atoms with E-state index in [4.69, 9.17) is 14.7 Å². The number of nitrogens with zero attached hydrogens (tertiary/aromatic N) is 5. The molecule has 1 aromatic rings. The van der Waals surface area contributed by atoms with Crippen LogP contribution in [0.25, 0.3) is 10.4 Å². The van der Waals surface area contributed by atoms with Crippen molar-refractivity contribution in [3.05, 3.63) is 33.2 Å². The number of hydrogen-bond acceptors (Lipinski definition) is 6. The molecule has 0 saturated carbocycles. The van der Waals surface area contributed by atoms with Gasteiger partial charge in [-0.05, 0) is 29.7 Å². The Morgan fingerprint density at radius 3 is 2.75 bits per heavy atom. The van der Waals surface area contributed by atoms with Crippen molar-refractivity contribution in [1.29, 1.82) is 0 Å². The molecule has 1 aromatic heterocycles. The third kappa shape index (κ3) is 5.19. The molecule has 2 heterocycles. The van der Waals surface area contributed by atoms with Crippen LogP contribution in [0.2, 0.25) is 18.1 Å². The Labute approximate surface area is 165 Å². The topological polar surface area (TPSA) is 131 Å². The van der Waals surface area contributed by atoms with Crippen LogP contribution in [0.1, 0.15) is 40.3 Å². The van der Waals surface area contributed by atoms with Crippen molar-refractivity contribution < 1.29 is 14.0 Å². The Bertz CT molecular complexity index is 828. The maximum atomic E-state index is 12.4. The monoisotopic (exact) mass is 408 g/mol. The maximum Gasteiger partial charge on any atom is 0.351 e. The van der Waals surface area contributed by atoms with E-state index < -0.39 is 26.3 Å². The fraction of sp³-hybridized carbons (Fsp3) is 0.706. The first kappa shape index (κ1) is 22.1. The standard InChI is InChI=1S/C17H28N6O4Si/c1-11(24)20-14-7-8-23(16(25)21-14)15-9-12(13(26-15)10-19-22-18)27-28(5,6)17(2,3)4/h7-8,12-13,15H,9-10H2,1-6H3,(H,20,21,24,25)/t12?,13-,15-/m1/s1. The lowest BCUT2D eigenvalue weighted by Gasteiger charge is -2.39. The first-order valence-electron chi connectivity index (χ1n) is 9.15. The van der Waals surface area contributed by atoms with Crippen LogP contribution in [0.5, 0.6) is 0 Å². The Hall–Kier alpha value is -2.20. The van der Waals surface area contributed by atoms with Crippen molar-refractivity contribution in [1.82, 2.24) is 9.55 Å². The maximum absolute atomic E-state index is 12.4. The average molecular weight is 409 g/mol. The highest BCUT2D eigenvalue weighted by molar-refractivity contribution is 6.74. The van der Waals surface area contributed by atoms with Crippen molar-refractivity contribution in [3.63, 3.8) is 0 Å². The van der Waals surface area contributed by atoms with Crippen molar-refractivity contribution in [2.45, 2.75) is 70.7 Å². The quantitative estimate of drug-likeness (QED) is 0.334. The highest BCUT2D eigenvalue weighted by Crippen LogP contribution is 2.41. The predicted molar refractivity (Wildman–Crippen MR) is 107 cm³/mol. The molecule has 3 atom stereocenters. The van der Waals surface area contributed by atoms with Crippen molar-refractivity contribution in [2.75, 3.05) is 11.9 Å². The highest BCUT2D eigenvalue weighted by Gasteiger charge is 2.45. The Kier molecular flexibility index (Phi) is 6.66. The largest absolute Gasteiger partial charge is 0.411 e. The molecule has 0 bridgehead atoms. The number of anilines is 1. The number of azide groups is 1. The lowest BCUT2D eigenvalue weighted by molar-refractivity contribution is -0.114. The zero-order valence-corrected chi connectivity index (χ0v) is 18.2. The van der Waals surface area contributed by atoms with Crippen LogP contribution in [0.3, 0.4) is 0 Å². The summed E-state index contributed by atoms with van der Waals surface area (Å²) in [6.45, 7) is 12.2. The summed E-state index contributed by atoms with van der Waals surface area (Å²) in [5, 5.41) is 6.12. The van der Waals surface area contributed by atoms with Gasteiger partial charge in [0.25, 0.3) is 0 Å². The van der Waals surface area contributed by atoms with Gasteiger partial charge in [-0.25, -0.2) is 4.79 Å². The molecule has 1 fully saturated rings. The SMILES string of the molecule is CC(=O)Nc1ccn([C@H]2CC(O[Si](C)(C)C(C)(C)C)[C@@H](CN=[N+]=[N-])O2)c(=O)n1. The summed E-state index contributed by atoms with van der Waals surface area (Å²) in [7, 11) is -2.09. The molecule has 10 nitrogen and oxygen atoms in total. The number of carbonyl (C=O) groups is 1. The summed E-state index contributed by atoms with van der Waals surface area (Å²) < 4.78 is 13.8. The summed E-state index contributed by atoms with van der Waals surface area (Å²) >= 11 is 0. The molecule has 1 unspecified atom stereocenters. The van der Waals surface area contributed by atoms with Crippen LogP contribution in [0, 0.1) is 0 Å². The second kappa shape index (κ2) is 8.44. The number of rotatable bonds is 6. The van der Waals surface area contributed by atoms with Crippen molar-refractivity contribution >= 4 is 20.0 Å². The molecule has 1 aliphatic rings. The Morgan fingerprint density at radius 2 is 2.21 bits per heavy atom. The summed E-state index contributed by atoms with van der Waals surface area (Å²) in [4.78, 5) is 30.2. The molecule has 0 aliphatic carbocycles. The van der Waals surface area contributed by atoms with E-state index in [0.717, 1.165) is 0 Å². The van der Waals surface area contributed by atoms with E-state index in [1.807, 2.05) is 0 Å². The fourth-order valence-corrected chi connectivity index (χ4v) is 4.07. The average Bonchev–Trinajstić information content (AvgIpc) is 2.93. The molecule has 1 amide bonds. The van der Waals surface area contributed by atoms with Gasteiger partial charge in [-0.3, -0.25) is 9.36 Å². The normalized spacial score (nSPS) is 22.6. The van der Waals surface area contributed by atoms with E-state index in [1.54, 1.807) is 0 Å². The van der Waals surface area contributed by atoms with E-state index >= 15 is 0 Å². The van der Waals surface area contributed by atoms with E-state index in [2.05, 4.69) is 54.2 Å². The van der Waals surface area contributed by atoms with Gasteiger partial charge in [-0.15, -0.1) is 0 Å². The first-order chi connectivity index (χ1) is 12.9. The lowest BCUT2D eigenvalue weighted by atomic mass is 10.2. The van der Waals surface area contributed by atoms with Crippen LogP contribution in [0.15, 0.2) is 22.2 Å². The zero-order valence-electron chi connectivity index (χ0n) is 17.2. The zero-order chi connectivity index (χ0) is 21.1. The van der Waals surface area contributed by atoms with Crippen LogP contribution in [0.4, 0.5) is 5.82 Å². The number of nitrogens with one attached hydrogen (secondary N) is 1. The van der Waals surface area contributed by atoms with Crippen molar-refractivity contribution in [3.8, 4) is 0 Å². The Morgan fingerprint density at radius 1 is 1.54 bits per heavy atom. The lowest BCUT2D eigenvalue weighted by Crippen LogP contribution is -2.46. The number of amides is 1. The molecule has 11 heteroatoms. The van der Waals surface area contributed by atoms with Crippen LogP contribution >= 0.6 is 0 Å². The number of hydrogen-bond donors (Lipinski definition) is 1. The summed E-state index contributed by atoms with van der Waals surface area (Å²) in [6, 6.07) is 1.54. The molecule has 1 N–H and O–H groups in total. The van der Waals surface area contributed by atoms with Gasteiger partial charge < -0.3 is 14.5 Å². The predicted octanol–water partition coefficient (Wildman–Crippen LogP) is 3.19. The van der Waals surface area contributed by atoms with Gasteiger partial charge in [-0.2, -0.15) is 4.98 Å². The molecule has 1 saturated heterocycles. The van der Waals surface area contributed by atoms with E-state index in [-0.39, 0.29) is 29.4 Å². The molecule has 0 radical (unpaired) electrons. The summed E-state index contributed by atoms with van der Waals surface area (Å²) in [5.74, 6) is -0.120. The second-order valence-corrected chi connectivity index (χ2v) is 13.1. The first-order valence-corrected chi connectivity index (χ1v) is 12.1. The molecular formula is C17H28N6O4Si. The van der Waals surface area contributed by atoms with Gasteiger partial charge in [-0.1, -0.05) is 25.9 Å². The van der Waals surface area contributed by atoms with Gasteiger partial charge in [0.15, 0.2) is 8.32 Å². The van der Waals surface area contributed by atoms with Crippen molar-refractivity contribution in [2.24, 2.45) is 5.11 Å². The van der Waals surface area contributed by atoms with Crippen LogP contribution in [-0.4, -0.2) is 42.5 Å². The molecule has 28 heavy (non-hydrogen) atoms. The minimum Gasteiger partial charge on any atom is -0.411 e. The second-order valence-electron chi connectivity index (χ2n) is 8.38. The van der Waals surface area contributed by atoms with Gasteiger partial charge in [0, 0.05) is 24.5 Å². The molecule has 2 rings (SSSR count). The van der Waals surface area contributed by atoms with Gasteiger partial charge in [0.05, 0.1) is 18.8 Å². The molecule has 1 aliphatic heterocycles. The number of carbonyl (C=O) groups excluding carboxylic acids is 1. The summed E-state index contributed by atoms with van der Waals surface area (Å²) in [6.07, 6.45) is 0.652. The minimum atomic E-state index is -2.09. The van der Waals surface area contributed by atoms with Gasteiger partial charge >= 0.3 is 5.69 Å². The molecule has 0 spiro atoms. The smallest absolute Gasteiger partial charge is 0.351 e. The number of ether oxygens (including phenoxy) is 1. The van der Waals surface area contributed by atoms with E-state index in [0.29, 0.717) is 6.42 Å². The fourth-order valence-electron chi connectivity index (χ4n) is 2.71. The van der Waals surface area contributed by atoms with Gasteiger partial charge in [0.2, 0.25) is 5.91 Å². The molecule has 154 valence electrons. The minimum absolute atomic E-state index is 0.00648. The van der Waals surface area contributed by atoms with Crippen LogP contribution in [-0.2, 0) is 14.0 Å². The third-order valence-corrected chi connectivity index (χ3v) is 9.71. The Balaban J connectivity index is 2.25. The highest BCUT2D eigenvalue weighted by atomic mass is 28.4. The third-order valence-electron chi connectivity index (χ3n) is 5.20. The molecular weight excluding hydrogens is 380 g/mol. The molecule has 0 aromatic carbocycles. The van der Waals surface area contributed by atoms with E-state index in [1.165, 1.54) is 23.8 Å². The number of aromatic nitrogens is 2. The van der Waals surface area contributed by atoms with Gasteiger partial charge in [0.1, 0.15) is 12.0 Å².